The van der Waals surface area contributed by atoms with E-state index in [1.807, 2.05) is 55.5 Å². The summed E-state index contributed by atoms with van der Waals surface area (Å²) >= 11 is 15.4. The lowest BCUT2D eigenvalue weighted by molar-refractivity contribution is -0.122. The van der Waals surface area contributed by atoms with Crippen LogP contribution in [0, 0.1) is 3.57 Å². The normalized spacial score (nSPS) is 14.5. The molecule has 4 rings (SSSR count). The first-order valence-corrected chi connectivity index (χ1v) is 14.3. The number of hydrogen-bond acceptors (Lipinski definition) is 5. The average molecular weight is 668 g/mol. The van der Waals surface area contributed by atoms with Crippen LogP contribution in [0.1, 0.15) is 30.0 Å². The second-order valence-corrected chi connectivity index (χ2v) is 11.2. The highest BCUT2D eigenvalue weighted by Crippen LogP contribution is 2.38. The van der Waals surface area contributed by atoms with Crippen molar-refractivity contribution >= 4 is 74.8 Å². The molecule has 0 saturated carbocycles. The van der Waals surface area contributed by atoms with Crippen molar-refractivity contribution in [2.75, 3.05) is 13.2 Å². The van der Waals surface area contributed by atoms with Crippen LogP contribution in [0.4, 0.5) is 4.79 Å². The summed E-state index contributed by atoms with van der Waals surface area (Å²) in [6.07, 6.45) is 3.25. The number of rotatable bonds is 10. The molecule has 0 unspecified atom stereocenters. The van der Waals surface area contributed by atoms with E-state index >= 15 is 0 Å². The summed E-state index contributed by atoms with van der Waals surface area (Å²) in [5, 5.41) is 0.837. The topological polar surface area (TPSA) is 55.8 Å². The number of thioether (sulfide) groups is 1. The molecule has 5 nitrogen and oxygen atoms in total. The molecule has 1 aliphatic heterocycles. The van der Waals surface area contributed by atoms with Crippen LogP contribution in [-0.4, -0.2) is 29.2 Å². The van der Waals surface area contributed by atoms with E-state index < -0.39 is 0 Å². The van der Waals surface area contributed by atoms with E-state index in [4.69, 9.17) is 32.7 Å². The van der Waals surface area contributed by atoms with Crippen molar-refractivity contribution < 1.29 is 19.1 Å². The maximum atomic E-state index is 13.0. The molecule has 192 valence electrons. The van der Waals surface area contributed by atoms with E-state index in [1.165, 1.54) is 10.5 Å². The first kappa shape index (κ1) is 27.8. The number of ether oxygens (including phenoxy) is 2. The van der Waals surface area contributed by atoms with Gasteiger partial charge < -0.3 is 9.47 Å². The van der Waals surface area contributed by atoms with Crippen LogP contribution in [0.3, 0.4) is 0 Å². The van der Waals surface area contributed by atoms with Crippen LogP contribution in [0.15, 0.2) is 65.6 Å². The molecule has 0 aromatic heterocycles. The molecule has 0 radical (unpaired) electrons. The molecule has 1 saturated heterocycles. The zero-order valence-corrected chi connectivity index (χ0v) is 24.5. The Bertz CT molecular complexity index is 1330. The summed E-state index contributed by atoms with van der Waals surface area (Å²) in [6.45, 7) is 2.96. The quantitative estimate of drug-likeness (QED) is 0.161. The Kier molecular flexibility index (Phi) is 9.81. The molecular weight excluding hydrogens is 644 g/mol. The molecule has 1 aliphatic rings. The van der Waals surface area contributed by atoms with E-state index in [1.54, 1.807) is 18.2 Å². The summed E-state index contributed by atoms with van der Waals surface area (Å²) in [6, 6.07) is 19.0. The number of hydrogen-bond donors (Lipinski definition) is 0. The summed E-state index contributed by atoms with van der Waals surface area (Å²) < 4.78 is 12.7. The minimum absolute atomic E-state index is 0.243. The molecule has 0 bridgehead atoms. The van der Waals surface area contributed by atoms with Gasteiger partial charge in [-0.1, -0.05) is 59.6 Å². The van der Waals surface area contributed by atoms with Crippen molar-refractivity contribution in [1.82, 2.24) is 4.90 Å². The van der Waals surface area contributed by atoms with E-state index in [9.17, 15) is 9.59 Å². The molecular formula is C28H24Cl2INO4S. The van der Waals surface area contributed by atoms with Crippen LogP contribution in [-0.2, 0) is 17.8 Å². The number of carbonyl (C=O) groups is 2. The zero-order chi connectivity index (χ0) is 26.4. The highest BCUT2D eigenvalue weighted by atomic mass is 127. The Balaban J connectivity index is 1.47. The van der Waals surface area contributed by atoms with Crippen LogP contribution in [0.5, 0.6) is 11.5 Å². The van der Waals surface area contributed by atoms with Crippen molar-refractivity contribution in [3.63, 3.8) is 0 Å². The minimum atomic E-state index is -0.270. The summed E-state index contributed by atoms with van der Waals surface area (Å²) in [5.41, 5.74) is 2.73. The molecule has 1 heterocycles. The molecule has 1 fully saturated rings. The second-order valence-electron chi connectivity index (χ2n) is 8.21. The first-order chi connectivity index (χ1) is 17.9. The number of imide groups is 1. The Labute approximate surface area is 244 Å². The Morgan fingerprint density at radius 3 is 2.54 bits per heavy atom. The largest absolute Gasteiger partial charge is 0.490 e. The molecule has 3 aromatic rings. The predicted octanol–water partition coefficient (Wildman–Crippen LogP) is 8.24. The number of nitrogens with zero attached hydrogens (tertiary/aromatic N) is 1. The van der Waals surface area contributed by atoms with Crippen molar-refractivity contribution in [2.24, 2.45) is 0 Å². The fraction of sp³-hybridized carbons (Fsp3) is 0.214. The molecule has 37 heavy (non-hydrogen) atoms. The van der Waals surface area contributed by atoms with Gasteiger partial charge in [-0.05, 0) is 95.6 Å². The van der Waals surface area contributed by atoms with E-state index in [-0.39, 0.29) is 17.8 Å². The maximum Gasteiger partial charge on any atom is 0.293 e. The number of benzene rings is 3. The van der Waals surface area contributed by atoms with Gasteiger partial charge in [0.25, 0.3) is 11.1 Å². The standard InChI is InChI=1S/C28H24Cl2INO4S/c1-2-35-24-14-19(13-23(31)26(24)36-17-20-10-11-21(29)16-22(20)30)15-25-27(33)32(28(34)37-25)12-6-9-18-7-4-3-5-8-18/h3-5,7-8,10-11,13-16H,2,6,9,12,17H2,1H3/b25-15+. The van der Waals surface area contributed by atoms with E-state index in [0.29, 0.717) is 46.0 Å². The Morgan fingerprint density at radius 2 is 1.81 bits per heavy atom. The molecule has 0 atom stereocenters. The monoisotopic (exact) mass is 667 g/mol. The lowest BCUT2D eigenvalue weighted by Gasteiger charge is -2.15. The van der Waals surface area contributed by atoms with Crippen LogP contribution < -0.4 is 9.47 Å². The van der Waals surface area contributed by atoms with Crippen LogP contribution >= 0.6 is 57.6 Å². The van der Waals surface area contributed by atoms with Crippen molar-refractivity contribution in [1.29, 1.82) is 0 Å². The van der Waals surface area contributed by atoms with Crippen LogP contribution in [0.25, 0.3) is 6.08 Å². The lowest BCUT2D eigenvalue weighted by Crippen LogP contribution is -2.29. The van der Waals surface area contributed by atoms with Crippen molar-refractivity contribution in [3.05, 3.63) is 95.9 Å². The Morgan fingerprint density at radius 1 is 1.03 bits per heavy atom. The molecule has 9 heteroatoms. The van der Waals surface area contributed by atoms with Crippen LogP contribution in [0.2, 0.25) is 10.0 Å². The molecule has 0 aliphatic carbocycles. The lowest BCUT2D eigenvalue weighted by atomic mass is 10.1. The van der Waals surface area contributed by atoms with Gasteiger partial charge in [0.15, 0.2) is 11.5 Å². The van der Waals surface area contributed by atoms with Crippen molar-refractivity contribution in [3.8, 4) is 11.5 Å². The fourth-order valence-corrected chi connectivity index (χ4v) is 5.90. The van der Waals surface area contributed by atoms with Gasteiger partial charge in [-0.15, -0.1) is 0 Å². The van der Waals surface area contributed by atoms with Gasteiger partial charge in [0.05, 0.1) is 15.1 Å². The van der Waals surface area contributed by atoms with Crippen molar-refractivity contribution in [2.45, 2.75) is 26.4 Å². The third-order valence-corrected chi connectivity index (χ3v) is 7.88. The predicted molar refractivity (Wildman–Crippen MR) is 159 cm³/mol. The summed E-state index contributed by atoms with van der Waals surface area (Å²) in [5.74, 6) is 0.862. The number of halogens is 3. The number of carbonyl (C=O) groups excluding carboxylic acids is 2. The Hall–Kier alpha value is -2.20. The molecule has 3 aromatic carbocycles. The van der Waals surface area contributed by atoms with Gasteiger partial charge in [-0.25, -0.2) is 0 Å². The average Bonchev–Trinajstić information content (AvgIpc) is 3.12. The van der Waals surface area contributed by atoms with E-state index in [2.05, 4.69) is 22.6 Å². The zero-order valence-electron chi connectivity index (χ0n) is 20.0. The third-order valence-electron chi connectivity index (χ3n) is 5.58. The molecule has 0 spiro atoms. The first-order valence-electron chi connectivity index (χ1n) is 11.7. The van der Waals surface area contributed by atoms with Gasteiger partial charge in [0, 0.05) is 22.2 Å². The highest BCUT2D eigenvalue weighted by Gasteiger charge is 2.34. The SMILES string of the molecule is CCOc1cc(/C=C2/SC(=O)N(CCCc3ccccc3)C2=O)cc(I)c1OCc1ccc(Cl)cc1Cl. The van der Waals surface area contributed by atoms with Gasteiger partial charge in [0.1, 0.15) is 6.61 Å². The van der Waals surface area contributed by atoms with Gasteiger partial charge in [-0.2, -0.15) is 0 Å². The van der Waals surface area contributed by atoms with Gasteiger partial charge in [-0.3, -0.25) is 14.5 Å². The number of amides is 2. The summed E-state index contributed by atoms with van der Waals surface area (Å²) in [7, 11) is 0. The smallest absolute Gasteiger partial charge is 0.293 e. The molecule has 2 amide bonds. The minimum Gasteiger partial charge on any atom is -0.490 e. The van der Waals surface area contributed by atoms with Gasteiger partial charge in [0.2, 0.25) is 0 Å². The maximum absolute atomic E-state index is 13.0. The number of aryl methyl sites for hydroxylation is 1. The highest BCUT2D eigenvalue weighted by molar-refractivity contribution is 14.1. The fourth-order valence-electron chi connectivity index (χ4n) is 3.79. The third kappa shape index (κ3) is 7.22. The summed E-state index contributed by atoms with van der Waals surface area (Å²) in [4.78, 5) is 27.2. The molecule has 0 N–H and O–H groups in total. The van der Waals surface area contributed by atoms with Gasteiger partial charge >= 0.3 is 0 Å². The second kappa shape index (κ2) is 13.0. The van der Waals surface area contributed by atoms with E-state index in [0.717, 1.165) is 32.9 Å².